The molecule has 1 heterocycles. The largest absolute Gasteiger partial charge is 0.384 e. The SMILES string of the molecule is CC1CCCC(N(C)C(=O)c2ccc(N)nc2)C1. The van der Waals surface area contributed by atoms with Gasteiger partial charge in [-0.15, -0.1) is 0 Å². The van der Waals surface area contributed by atoms with E-state index >= 15 is 0 Å². The van der Waals surface area contributed by atoms with Crippen molar-refractivity contribution in [2.24, 2.45) is 5.92 Å². The van der Waals surface area contributed by atoms with E-state index in [1.165, 1.54) is 12.8 Å². The quantitative estimate of drug-likeness (QED) is 0.872. The molecule has 0 aromatic carbocycles. The average Bonchev–Trinajstić information content (AvgIpc) is 2.38. The lowest BCUT2D eigenvalue weighted by molar-refractivity contribution is 0.0672. The Morgan fingerprint density at radius 2 is 2.22 bits per heavy atom. The van der Waals surface area contributed by atoms with Crippen molar-refractivity contribution in [1.29, 1.82) is 0 Å². The number of hydrogen-bond donors (Lipinski definition) is 1. The minimum atomic E-state index is 0.0431. The lowest BCUT2D eigenvalue weighted by Gasteiger charge is -2.34. The van der Waals surface area contributed by atoms with E-state index in [0.29, 0.717) is 23.3 Å². The van der Waals surface area contributed by atoms with Crippen LogP contribution in [0.1, 0.15) is 43.0 Å². The van der Waals surface area contributed by atoms with Crippen LogP contribution in [0, 0.1) is 5.92 Å². The highest BCUT2D eigenvalue weighted by atomic mass is 16.2. The Hall–Kier alpha value is -1.58. The van der Waals surface area contributed by atoms with Crippen LogP contribution in [0.25, 0.3) is 0 Å². The third-order valence-electron chi connectivity index (χ3n) is 3.81. The molecule has 4 nitrogen and oxygen atoms in total. The molecule has 1 aliphatic carbocycles. The predicted octanol–water partition coefficient (Wildman–Crippen LogP) is 2.31. The predicted molar refractivity (Wildman–Crippen MR) is 72.2 cm³/mol. The maximum Gasteiger partial charge on any atom is 0.255 e. The van der Waals surface area contributed by atoms with Crippen molar-refractivity contribution in [3.8, 4) is 0 Å². The zero-order valence-corrected chi connectivity index (χ0v) is 11.1. The normalized spacial score (nSPS) is 23.7. The molecule has 0 radical (unpaired) electrons. The summed E-state index contributed by atoms with van der Waals surface area (Å²) in [4.78, 5) is 18.1. The minimum Gasteiger partial charge on any atom is -0.384 e. The van der Waals surface area contributed by atoms with Gasteiger partial charge in [0, 0.05) is 19.3 Å². The molecule has 18 heavy (non-hydrogen) atoms. The van der Waals surface area contributed by atoms with E-state index in [4.69, 9.17) is 5.73 Å². The number of aromatic nitrogens is 1. The van der Waals surface area contributed by atoms with E-state index in [0.717, 1.165) is 12.8 Å². The molecule has 1 fully saturated rings. The molecule has 1 aromatic heterocycles. The van der Waals surface area contributed by atoms with Gasteiger partial charge in [-0.1, -0.05) is 19.8 Å². The number of anilines is 1. The van der Waals surface area contributed by atoms with Crippen LogP contribution >= 0.6 is 0 Å². The van der Waals surface area contributed by atoms with Gasteiger partial charge in [-0.25, -0.2) is 4.98 Å². The van der Waals surface area contributed by atoms with E-state index < -0.39 is 0 Å². The van der Waals surface area contributed by atoms with Gasteiger partial charge in [-0.3, -0.25) is 4.79 Å². The van der Waals surface area contributed by atoms with Crippen molar-refractivity contribution >= 4 is 11.7 Å². The van der Waals surface area contributed by atoms with E-state index in [1.807, 2.05) is 11.9 Å². The highest BCUT2D eigenvalue weighted by Crippen LogP contribution is 2.27. The zero-order chi connectivity index (χ0) is 13.1. The number of rotatable bonds is 2. The van der Waals surface area contributed by atoms with Crippen LogP contribution in [-0.4, -0.2) is 28.9 Å². The van der Waals surface area contributed by atoms with Crippen molar-refractivity contribution in [3.63, 3.8) is 0 Å². The second-order valence-electron chi connectivity index (χ2n) is 5.31. The molecule has 98 valence electrons. The van der Waals surface area contributed by atoms with Crippen LogP contribution in [-0.2, 0) is 0 Å². The maximum atomic E-state index is 12.3. The van der Waals surface area contributed by atoms with Crippen LogP contribution in [0.2, 0.25) is 0 Å². The molecule has 0 spiro atoms. The van der Waals surface area contributed by atoms with Crippen LogP contribution < -0.4 is 5.73 Å². The molecule has 1 saturated carbocycles. The lowest BCUT2D eigenvalue weighted by atomic mass is 9.86. The van der Waals surface area contributed by atoms with Crippen molar-refractivity contribution in [2.45, 2.75) is 38.6 Å². The monoisotopic (exact) mass is 247 g/mol. The molecule has 0 saturated heterocycles. The van der Waals surface area contributed by atoms with Gasteiger partial charge in [0.25, 0.3) is 5.91 Å². The fourth-order valence-corrected chi connectivity index (χ4v) is 2.66. The number of hydrogen-bond acceptors (Lipinski definition) is 3. The maximum absolute atomic E-state index is 12.3. The standard InChI is InChI=1S/C14H21N3O/c1-10-4-3-5-12(8-10)17(2)14(18)11-6-7-13(15)16-9-11/h6-7,9-10,12H,3-5,8H2,1-2H3,(H2,15,16). The summed E-state index contributed by atoms with van der Waals surface area (Å²) >= 11 is 0. The number of pyridine rings is 1. The number of carbonyl (C=O) groups is 1. The van der Waals surface area contributed by atoms with Crippen molar-refractivity contribution < 1.29 is 4.79 Å². The first kappa shape index (κ1) is 12.9. The van der Waals surface area contributed by atoms with Gasteiger partial charge in [0.1, 0.15) is 5.82 Å². The smallest absolute Gasteiger partial charge is 0.255 e. The molecule has 1 amide bonds. The number of nitrogen functional groups attached to an aromatic ring is 1. The second-order valence-corrected chi connectivity index (χ2v) is 5.31. The third-order valence-corrected chi connectivity index (χ3v) is 3.81. The summed E-state index contributed by atoms with van der Waals surface area (Å²) in [5.74, 6) is 1.20. The zero-order valence-electron chi connectivity index (χ0n) is 11.1. The minimum absolute atomic E-state index is 0.0431. The first-order valence-electron chi connectivity index (χ1n) is 6.56. The second kappa shape index (κ2) is 5.38. The molecule has 1 aliphatic rings. The number of nitrogens with zero attached hydrogens (tertiary/aromatic N) is 2. The molecule has 2 N–H and O–H groups in total. The lowest BCUT2D eigenvalue weighted by Crippen LogP contribution is -2.39. The highest BCUT2D eigenvalue weighted by molar-refractivity contribution is 5.94. The molecule has 1 aromatic rings. The molecule has 2 atom stereocenters. The van der Waals surface area contributed by atoms with Crippen molar-refractivity contribution in [1.82, 2.24) is 9.88 Å². The Morgan fingerprint density at radius 3 is 2.83 bits per heavy atom. The molecule has 4 heteroatoms. The van der Waals surface area contributed by atoms with Gasteiger partial charge < -0.3 is 10.6 Å². The molecule has 0 aliphatic heterocycles. The van der Waals surface area contributed by atoms with Gasteiger partial charge >= 0.3 is 0 Å². The van der Waals surface area contributed by atoms with Gasteiger partial charge in [0.15, 0.2) is 0 Å². The number of nitrogens with two attached hydrogens (primary N) is 1. The van der Waals surface area contributed by atoms with Gasteiger partial charge in [-0.2, -0.15) is 0 Å². The summed E-state index contributed by atoms with van der Waals surface area (Å²) in [6, 6.07) is 3.77. The van der Waals surface area contributed by atoms with E-state index in [2.05, 4.69) is 11.9 Å². The Kier molecular flexibility index (Phi) is 3.84. The molecular formula is C14H21N3O. The molecule has 2 unspecified atom stereocenters. The van der Waals surface area contributed by atoms with Crippen LogP contribution in [0.15, 0.2) is 18.3 Å². The van der Waals surface area contributed by atoms with Crippen LogP contribution in [0.3, 0.4) is 0 Å². The van der Waals surface area contributed by atoms with E-state index in [-0.39, 0.29) is 5.91 Å². The molecule has 0 bridgehead atoms. The topological polar surface area (TPSA) is 59.2 Å². The first-order chi connectivity index (χ1) is 8.58. The fourth-order valence-electron chi connectivity index (χ4n) is 2.66. The van der Waals surface area contributed by atoms with Crippen LogP contribution in [0.5, 0.6) is 0 Å². The first-order valence-corrected chi connectivity index (χ1v) is 6.56. The van der Waals surface area contributed by atoms with Crippen molar-refractivity contribution in [2.75, 3.05) is 12.8 Å². The Labute approximate surface area is 108 Å². The number of amides is 1. The third kappa shape index (κ3) is 2.81. The average molecular weight is 247 g/mol. The summed E-state index contributed by atoms with van der Waals surface area (Å²) in [5.41, 5.74) is 6.14. The summed E-state index contributed by atoms with van der Waals surface area (Å²) in [5, 5.41) is 0. The van der Waals surface area contributed by atoms with Crippen molar-refractivity contribution in [3.05, 3.63) is 23.9 Å². The number of carbonyl (C=O) groups excluding carboxylic acids is 1. The summed E-state index contributed by atoms with van der Waals surface area (Å²) in [7, 11) is 1.89. The summed E-state index contributed by atoms with van der Waals surface area (Å²) in [6.45, 7) is 2.26. The van der Waals surface area contributed by atoms with Gasteiger partial charge in [0.2, 0.25) is 0 Å². The molecule has 2 rings (SSSR count). The Balaban J connectivity index is 2.06. The summed E-state index contributed by atoms with van der Waals surface area (Å²) in [6.07, 6.45) is 6.26. The van der Waals surface area contributed by atoms with E-state index in [1.54, 1.807) is 18.3 Å². The Bertz CT molecular complexity index is 416. The van der Waals surface area contributed by atoms with Crippen LogP contribution in [0.4, 0.5) is 5.82 Å². The fraction of sp³-hybridized carbons (Fsp3) is 0.571. The highest BCUT2D eigenvalue weighted by Gasteiger charge is 2.26. The van der Waals surface area contributed by atoms with E-state index in [9.17, 15) is 4.79 Å². The summed E-state index contributed by atoms with van der Waals surface area (Å²) < 4.78 is 0. The van der Waals surface area contributed by atoms with Gasteiger partial charge in [-0.05, 0) is 30.9 Å². The van der Waals surface area contributed by atoms with Gasteiger partial charge in [0.05, 0.1) is 5.56 Å². The molecular weight excluding hydrogens is 226 g/mol. The Morgan fingerprint density at radius 1 is 1.44 bits per heavy atom.